The molecule has 0 aliphatic rings. The van der Waals surface area contributed by atoms with Gasteiger partial charge in [-0.2, -0.15) is 0 Å². The van der Waals surface area contributed by atoms with Crippen LogP contribution in [-0.4, -0.2) is 13.2 Å². The number of rotatable bonds is 6. The van der Waals surface area contributed by atoms with Gasteiger partial charge in [0.25, 0.3) is 0 Å². The number of ether oxygens (including phenoxy) is 2. The van der Waals surface area contributed by atoms with Crippen molar-refractivity contribution >= 4 is 5.69 Å². The molecule has 0 fully saturated rings. The van der Waals surface area contributed by atoms with Gasteiger partial charge < -0.3 is 15.2 Å². The molecule has 0 aliphatic heterocycles. The molecular weight excluding hydrogens is 190 g/mol. The molecule has 0 spiro atoms. The van der Waals surface area contributed by atoms with Crippen LogP contribution in [0.3, 0.4) is 0 Å². The summed E-state index contributed by atoms with van der Waals surface area (Å²) in [5, 5.41) is 0. The summed E-state index contributed by atoms with van der Waals surface area (Å²) < 4.78 is 11.1. The number of nitrogens with two attached hydrogens (primary N) is 1. The molecular formula is C12H19NO2. The van der Waals surface area contributed by atoms with Gasteiger partial charge in [0, 0.05) is 0 Å². The van der Waals surface area contributed by atoms with Gasteiger partial charge in [0.2, 0.25) is 0 Å². The lowest BCUT2D eigenvalue weighted by molar-refractivity contribution is 0.269. The fraction of sp³-hybridized carbons (Fsp3) is 0.500. The van der Waals surface area contributed by atoms with Crippen molar-refractivity contribution in [3.8, 4) is 11.5 Å². The fourth-order valence-electron chi connectivity index (χ4n) is 1.22. The molecule has 1 rings (SSSR count). The van der Waals surface area contributed by atoms with Gasteiger partial charge in [-0.15, -0.1) is 0 Å². The van der Waals surface area contributed by atoms with Crippen LogP contribution in [0.1, 0.15) is 26.7 Å². The lowest BCUT2D eigenvalue weighted by Crippen LogP contribution is -2.03. The van der Waals surface area contributed by atoms with Gasteiger partial charge in [0.1, 0.15) is 0 Å². The highest BCUT2D eigenvalue weighted by molar-refractivity contribution is 5.60. The summed E-state index contributed by atoms with van der Waals surface area (Å²) in [6.07, 6.45) is 1.93. The number of anilines is 1. The maximum absolute atomic E-state index is 5.83. The van der Waals surface area contributed by atoms with Crippen molar-refractivity contribution in [1.29, 1.82) is 0 Å². The quantitative estimate of drug-likeness (QED) is 0.733. The molecule has 0 amide bonds. The van der Waals surface area contributed by atoms with Crippen LogP contribution in [0, 0.1) is 0 Å². The van der Waals surface area contributed by atoms with E-state index in [1.807, 2.05) is 18.2 Å². The molecule has 2 N–H and O–H groups in total. The Morgan fingerprint density at radius 1 is 1.07 bits per heavy atom. The Bertz CT molecular complexity index is 300. The van der Waals surface area contributed by atoms with Gasteiger partial charge >= 0.3 is 0 Å². The maximum Gasteiger partial charge on any atom is 0.184 e. The van der Waals surface area contributed by atoms with Crippen LogP contribution in [0.25, 0.3) is 0 Å². The van der Waals surface area contributed by atoms with Crippen LogP contribution in [0.15, 0.2) is 18.2 Å². The number of para-hydroxylation sites is 1. The predicted molar refractivity (Wildman–Crippen MR) is 62.4 cm³/mol. The largest absolute Gasteiger partial charge is 0.490 e. The normalized spacial score (nSPS) is 10.0. The molecule has 0 atom stereocenters. The maximum atomic E-state index is 5.83. The molecule has 0 saturated heterocycles. The van der Waals surface area contributed by atoms with Crippen molar-refractivity contribution in [2.45, 2.75) is 26.7 Å². The molecule has 0 saturated carbocycles. The summed E-state index contributed by atoms with van der Waals surface area (Å²) in [4.78, 5) is 0. The van der Waals surface area contributed by atoms with Gasteiger partial charge in [0.05, 0.1) is 18.9 Å². The highest BCUT2D eigenvalue weighted by Crippen LogP contribution is 2.33. The number of nitrogen functional groups attached to an aromatic ring is 1. The smallest absolute Gasteiger partial charge is 0.184 e. The van der Waals surface area contributed by atoms with E-state index in [9.17, 15) is 0 Å². The van der Waals surface area contributed by atoms with Crippen LogP contribution in [0.2, 0.25) is 0 Å². The van der Waals surface area contributed by atoms with Crippen molar-refractivity contribution in [3.05, 3.63) is 18.2 Å². The Balaban J connectivity index is 2.77. The highest BCUT2D eigenvalue weighted by atomic mass is 16.5. The Kier molecular flexibility index (Phi) is 4.81. The van der Waals surface area contributed by atoms with E-state index in [4.69, 9.17) is 15.2 Å². The minimum absolute atomic E-state index is 0.636. The Hall–Kier alpha value is -1.38. The van der Waals surface area contributed by atoms with Gasteiger partial charge in [-0.05, 0) is 25.0 Å². The third-order valence-electron chi connectivity index (χ3n) is 1.92. The summed E-state index contributed by atoms with van der Waals surface area (Å²) in [7, 11) is 0. The monoisotopic (exact) mass is 209 g/mol. The molecule has 0 unspecified atom stereocenters. The standard InChI is InChI=1S/C12H19NO2/c1-3-8-14-11-7-5-6-10(13)12(11)15-9-4-2/h5-7H,3-4,8-9,13H2,1-2H3. The SMILES string of the molecule is CCCOc1cccc(N)c1OCCC. The average molecular weight is 209 g/mol. The average Bonchev–Trinajstić information content (AvgIpc) is 2.25. The van der Waals surface area contributed by atoms with Crippen LogP contribution in [0.5, 0.6) is 11.5 Å². The zero-order valence-corrected chi connectivity index (χ0v) is 9.45. The third-order valence-corrected chi connectivity index (χ3v) is 1.92. The highest BCUT2D eigenvalue weighted by Gasteiger charge is 2.07. The molecule has 3 nitrogen and oxygen atoms in total. The molecule has 84 valence electrons. The van der Waals surface area contributed by atoms with E-state index in [1.165, 1.54) is 0 Å². The number of hydrogen-bond donors (Lipinski definition) is 1. The van der Waals surface area contributed by atoms with E-state index in [0.29, 0.717) is 24.7 Å². The molecule has 1 aromatic carbocycles. The molecule has 1 aromatic rings. The van der Waals surface area contributed by atoms with Crippen molar-refractivity contribution in [2.24, 2.45) is 0 Å². The summed E-state index contributed by atoms with van der Waals surface area (Å²) >= 11 is 0. The van der Waals surface area contributed by atoms with Crippen molar-refractivity contribution < 1.29 is 9.47 Å². The zero-order valence-electron chi connectivity index (χ0n) is 9.45. The second kappa shape index (κ2) is 6.17. The van der Waals surface area contributed by atoms with Gasteiger partial charge in [-0.25, -0.2) is 0 Å². The number of hydrogen-bond acceptors (Lipinski definition) is 3. The van der Waals surface area contributed by atoms with Gasteiger partial charge in [0.15, 0.2) is 11.5 Å². The molecule has 0 heterocycles. The summed E-state index contributed by atoms with van der Waals surface area (Å²) in [6, 6.07) is 5.58. The van der Waals surface area contributed by atoms with E-state index in [0.717, 1.165) is 18.6 Å². The minimum atomic E-state index is 0.636. The molecule has 3 heteroatoms. The Morgan fingerprint density at radius 2 is 1.73 bits per heavy atom. The molecule has 0 radical (unpaired) electrons. The summed E-state index contributed by atoms with van der Waals surface area (Å²) in [5.74, 6) is 1.41. The summed E-state index contributed by atoms with van der Waals surface area (Å²) in [5.41, 5.74) is 6.47. The second-order valence-electron chi connectivity index (χ2n) is 3.37. The van der Waals surface area contributed by atoms with E-state index < -0.39 is 0 Å². The van der Waals surface area contributed by atoms with Gasteiger partial charge in [-0.1, -0.05) is 19.9 Å². The lowest BCUT2D eigenvalue weighted by atomic mass is 10.2. The van der Waals surface area contributed by atoms with Gasteiger partial charge in [-0.3, -0.25) is 0 Å². The van der Waals surface area contributed by atoms with Crippen LogP contribution < -0.4 is 15.2 Å². The molecule has 0 bridgehead atoms. The van der Waals surface area contributed by atoms with Crippen LogP contribution >= 0.6 is 0 Å². The molecule has 0 aliphatic carbocycles. The molecule has 15 heavy (non-hydrogen) atoms. The van der Waals surface area contributed by atoms with E-state index in [-0.39, 0.29) is 0 Å². The summed E-state index contributed by atoms with van der Waals surface area (Å²) in [6.45, 7) is 5.48. The first kappa shape index (κ1) is 11.7. The van der Waals surface area contributed by atoms with Crippen molar-refractivity contribution in [3.63, 3.8) is 0 Å². The van der Waals surface area contributed by atoms with Crippen molar-refractivity contribution in [1.82, 2.24) is 0 Å². The van der Waals surface area contributed by atoms with E-state index in [1.54, 1.807) is 0 Å². The van der Waals surface area contributed by atoms with Crippen LogP contribution in [0.4, 0.5) is 5.69 Å². The number of benzene rings is 1. The first-order chi connectivity index (χ1) is 7.29. The van der Waals surface area contributed by atoms with E-state index >= 15 is 0 Å². The Labute approximate surface area is 91.2 Å². The lowest BCUT2D eigenvalue weighted by Gasteiger charge is -2.13. The minimum Gasteiger partial charge on any atom is -0.490 e. The first-order valence-electron chi connectivity index (χ1n) is 5.43. The fourth-order valence-corrected chi connectivity index (χ4v) is 1.22. The molecule has 0 aromatic heterocycles. The third kappa shape index (κ3) is 3.35. The first-order valence-corrected chi connectivity index (χ1v) is 5.43. The van der Waals surface area contributed by atoms with Crippen LogP contribution in [-0.2, 0) is 0 Å². The Morgan fingerprint density at radius 3 is 2.40 bits per heavy atom. The topological polar surface area (TPSA) is 44.5 Å². The second-order valence-corrected chi connectivity index (χ2v) is 3.37. The predicted octanol–water partition coefficient (Wildman–Crippen LogP) is 2.85. The van der Waals surface area contributed by atoms with E-state index in [2.05, 4.69) is 13.8 Å². The van der Waals surface area contributed by atoms with Crippen molar-refractivity contribution in [2.75, 3.05) is 18.9 Å². The zero-order chi connectivity index (χ0) is 11.1.